The second kappa shape index (κ2) is 11.5. The van der Waals surface area contributed by atoms with Gasteiger partial charge in [-0.2, -0.15) is 0 Å². The van der Waals surface area contributed by atoms with Crippen molar-refractivity contribution in [3.05, 3.63) is 90.4 Å². The molecule has 5 rings (SSSR count). The summed E-state index contributed by atoms with van der Waals surface area (Å²) >= 11 is 0. The minimum atomic E-state index is 0.152. The van der Waals surface area contributed by atoms with E-state index in [0.717, 1.165) is 80.1 Å². The van der Waals surface area contributed by atoms with Crippen LogP contribution in [0.3, 0.4) is 0 Å². The van der Waals surface area contributed by atoms with Gasteiger partial charge in [0.05, 0.1) is 18.7 Å². The maximum Gasteiger partial charge on any atom is 0.230 e. The van der Waals surface area contributed by atoms with Gasteiger partial charge in [-0.25, -0.2) is 4.98 Å². The summed E-state index contributed by atoms with van der Waals surface area (Å²) in [7, 11) is 0. The molecule has 5 nitrogen and oxygen atoms in total. The zero-order valence-corrected chi connectivity index (χ0v) is 21.8. The van der Waals surface area contributed by atoms with Crippen LogP contribution in [0.1, 0.15) is 49.1 Å². The lowest BCUT2D eigenvalue weighted by molar-refractivity contribution is -0.131. The van der Waals surface area contributed by atoms with E-state index in [9.17, 15) is 4.79 Å². The number of piperidine rings is 1. The molecule has 37 heavy (non-hydrogen) atoms. The highest BCUT2D eigenvalue weighted by Crippen LogP contribution is 2.26. The van der Waals surface area contributed by atoms with E-state index in [1.54, 1.807) is 0 Å². The van der Waals surface area contributed by atoms with Gasteiger partial charge in [0.25, 0.3) is 0 Å². The van der Waals surface area contributed by atoms with Crippen LogP contribution in [0.2, 0.25) is 0 Å². The van der Waals surface area contributed by atoms with Crippen molar-refractivity contribution < 1.29 is 4.79 Å². The Morgan fingerprint density at radius 1 is 1.05 bits per heavy atom. The lowest BCUT2D eigenvalue weighted by Gasteiger charge is -2.32. The summed E-state index contributed by atoms with van der Waals surface area (Å²) in [6, 6.07) is 16.6. The van der Waals surface area contributed by atoms with Crippen molar-refractivity contribution in [1.82, 2.24) is 14.5 Å². The molecule has 0 bridgehead atoms. The Kier molecular flexibility index (Phi) is 7.79. The number of likely N-dealkylation sites (tertiary alicyclic amines) is 1. The number of carbonyl (C=O) groups excluding carboxylic acids is 1. The number of imidazole rings is 1. The minimum absolute atomic E-state index is 0.152. The first kappa shape index (κ1) is 24.9. The van der Waals surface area contributed by atoms with Gasteiger partial charge in [0.15, 0.2) is 0 Å². The Balaban J connectivity index is 1.29. The van der Waals surface area contributed by atoms with Crippen LogP contribution in [0.25, 0.3) is 23.0 Å². The minimum Gasteiger partial charge on any atom is -0.342 e. The molecule has 0 spiro atoms. The van der Waals surface area contributed by atoms with E-state index >= 15 is 0 Å². The molecule has 0 aliphatic carbocycles. The molecule has 2 aliphatic heterocycles. The van der Waals surface area contributed by atoms with Crippen LogP contribution in [-0.4, -0.2) is 45.7 Å². The molecular weight excluding hydrogens is 456 g/mol. The maximum atomic E-state index is 13.4. The van der Waals surface area contributed by atoms with Gasteiger partial charge >= 0.3 is 0 Å². The number of aryl methyl sites for hydroxylation is 1. The molecule has 2 aromatic carbocycles. The average Bonchev–Trinajstić information content (AvgIpc) is 3.17. The van der Waals surface area contributed by atoms with Gasteiger partial charge in [-0.1, -0.05) is 66.8 Å². The number of hydrogen-bond acceptors (Lipinski definition) is 3. The number of carbonyl (C=O) groups is 1. The van der Waals surface area contributed by atoms with Crippen molar-refractivity contribution >= 4 is 17.7 Å². The van der Waals surface area contributed by atoms with Crippen molar-refractivity contribution in [1.29, 1.82) is 0 Å². The highest BCUT2D eigenvalue weighted by Gasteiger charge is 2.25. The molecule has 3 heterocycles. The number of allylic oxidation sites excluding steroid dienone is 1. The predicted molar refractivity (Wildman–Crippen MR) is 152 cm³/mol. The molecule has 0 unspecified atom stereocenters. The maximum absolute atomic E-state index is 13.4. The Morgan fingerprint density at radius 3 is 2.54 bits per heavy atom. The van der Waals surface area contributed by atoms with Crippen molar-refractivity contribution in [3.63, 3.8) is 0 Å². The zero-order chi connectivity index (χ0) is 25.6. The van der Waals surface area contributed by atoms with Crippen LogP contribution in [0, 0.1) is 12.8 Å². The molecule has 1 amide bonds. The first-order valence-corrected chi connectivity index (χ1v) is 13.4. The van der Waals surface area contributed by atoms with E-state index in [2.05, 4.69) is 66.6 Å². The summed E-state index contributed by atoms with van der Waals surface area (Å²) in [5.74, 6) is 1.55. The summed E-state index contributed by atoms with van der Waals surface area (Å²) in [5.41, 5.74) is 6.56. The first-order valence-electron chi connectivity index (χ1n) is 13.4. The molecule has 2 aliphatic rings. The normalized spacial score (nSPS) is 16.4. The Hall–Kier alpha value is -3.73. The summed E-state index contributed by atoms with van der Waals surface area (Å²) in [5, 5.41) is 0. The molecule has 190 valence electrons. The summed E-state index contributed by atoms with van der Waals surface area (Å²) in [4.78, 5) is 25.1. The highest BCUT2D eigenvalue weighted by atomic mass is 16.2. The van der Waals surface area contributed by atoms with Crippen molar-refractivity contribution in [2.45, 2.75) is 45.4 Å². The second-order valence-corrected chi connectivity index (χ2v) is 10.2. The average molecular weight is 493 g/mol. The van der Waals surface area contributed by atoms with Crippen LogP contribution >= 0.6 is 0 Å². The Morgan fingerprint density at radius 2 is 1.81 bits per heavy atom. The topological polar surface area (TPSA) is 50.5 Å². The molecule has 0 atom stereocenters. The predicted octanol–water partition coefficient (Wildman–Crippen LogP) is 6.45. The molecule has 1 fully saturated rings. The zero-order valence-electron chi connectivity index (χ0n) is 21.8. The van der Waals surface area contributed by atoms with Gasteiger partial charge in [0.1, 0.15) is 5.82 Å². The molecule has 1 aromatic heterocycles. The molecule has 0 saturated carbocycles. The van der Waals surface area contributed by atoms with Crippen LogP contribution in [0.4, 0.5) is 0 Å². The third kappa shape index (κ3) is 6.16. The van der Waals surface area contributed by atoms with E-state index in [-0.39, 0.29) is 12.3 Å². The molecule has 0 N–H and O–H groups in total. The Labute approximate surface area is 220 Å². The number of nitrogens with zero attached hydrogens (tertiary/aromatic N) is 4. The van der Waals surface area contributed by atoms with Crippen molar-refractivity contribution in [3.8, 4) is 16.9 Å². The van der Waals surface area contributed by atoms with Gasteiger partial charge < -0.3 is 9.47 Å². The number of rotatable bonds is 7. The van der Waals surface area contributed by atoms with Crippen LogP contribution in [0.5, 0.6) is 0 Å². The molecule has 1 saturated heterocycles. The fraction of sp³-hybridized carbons (Fsp3) is 0.344. The number of aliphatic imine (C=N–C) groups is 1. The third-order valence-electron chi connectivity index (χ3n) is 7.52. The van der Waals surface area contributed by atoms with E-state index in [4.69, 9.17) is 9.98 Å². The van der Waals surface area contributed by atoms with Gasteiger partial charge in [-0.05, 0) is 62.6 Å². The molecular formula is C32H36N4O. The van der Waals surface area contributed by atoms with Gasteiger partial charge in [-0.15, -0.1) is 0 Å². The van der Waals surface area contributed by atoms with Gasteiger partial charge in [0.2, 0.25) is 5.91 Å². The third-order valence-corrected chi connectivity index (χ3v) is 7.52. The molecule has 0 radical (unpaired) electrons. The van der Waals surface area contributed by atoms with E-state index in [1.807, 2.05) is 29.3 Å². The second-order valence-electron chi connectivity index (χ2n) is 10.2. The van der Waals surface area contributed by atoms with Crippen molar-refractivity contribution in [2.24, 2.45) is 10.9 Å². The standard InChI is InChI=1S/C32H36N4O/c1-3-25-10-14-29(15-11-25)36-23-30(27-12-8-24(2)9-13-27)34-31(36)22-32(37)35-19-16-26(17-20-35)21-28-7-5-4-6-18-33-28/h3-4,6,8-15,23,26H,1,5,7,16-22H2,2H3. The quantitative estimate of drug-likeness (QED) is 0.356. The van der Waals surface area contributed by atoms with Crippen molar-refractivity contribution in [2.75, 3.05) is 19.6 Å². The lowest BCUT2D eigenvalue weighted by Crippen LogP contribution is -2.40. The summed E-state index contributed by atoms with van der Waals surface area (Å²) in [6.45, 7) is 8.39. The highest BCUT2D eigenvalue weighted by molar-refractivity contribution is 5.85. The fourth-order valence-electron chi connectivity index (χ4n) is 5.24. The van der Waals surface area contributed by atoms with Crippen LogP contribution in [-0.2, 0) is 11.2 Å². The van der Waals surface area contributed by atoms with Gasteiger partial charge in [-0.3, -0.25) is 9.79 Å². The monoisotopic (exact) mass is 492 g/mol. The van der Waals surface area contributed by atoms with Gasteiger partial charge in [0, 0.05) is 36.2 Å². The number of hydrogen-bond donors (Lipinski definition) is 0. The van der Waals surface area contributed by atoms with E-state index in [1.165, 1.54) is 11.3 Å². The van der Waals surface area contributed by atoms with E-state index < -0.39 is 0 Å². The molecule has 5 heteroatoms. The SMILES string of the molecule is C=Cc1ccc(-n2cc(-c3ccc(C)cc3)nc2CC(=O)N2CCC(CC3=NCC=CCC3)CC2)cc1. The van der Waals surface area contributed by atoms with Crippen LogP contribution in [0.15, 0.2) is 78.5 Å². The van der Waals surface area contributed by atoms with E-state index in [0.29, 0.717) is 5.92 Å². The number of amides is 1. The van der Waals surface area contributed by atoms with Crippen LogP contribution < -0.4 is 0 Å². The summed E-state index contributed by atoms with van der Waals surface area (Å²) < 4.78 is 2.06. The smallest absolute Gasteiger partial charge is 0.230 e. The Bertz CT molecular complexity index is 1290. The largest absolute Gasteiger partial charge is 0.342 e. The lowest BCUT2D eigenvalue weighted by atomic mass is 9.90. The first-order chi connectivity index (χ1) is 18.1. The number of aromatic nitrogens is 2. The number of benzene rings is 2. The fourth-order valence-corrected chi connectivity index (χ4v) is 5.24. The molecule has 3 aromatic rings. The summed E-state index contributed by atoms with van der Waals surface area (Å²) in [6.07, 6.45) is 13.9.